The van der Waals surface area contributed by atoms with Gasteiger partial charge in [0, 0.05) is 51.1 Å². The summed E-state index contributed by atoms with van der Waals surface area (Å²) in [6.45, 7) is 2.44. The van der Waals surface area contributed by atoms with Gasteiger partial charge in [0.2, 0.25) is 15.9 Å². The third-order valence-corrected chi connectivity index (χ3v) is 10.3. The number of hydrogen-bond donors (Lipinski definition) is 1. The summed E-state index contributed by atoms with van der Waals surface area (Å²) < 4.78 is 27.7. The Labute approximate surface area is 222 Å². The van der Waals surface area contributed by atoms with Crippen LogP contribution in [0.3, 0.4) is 0 Å². The predicted molar refractivity (Wildman–Crippen MR) is 143 cm³/mol. The lowest BCUT2D eigenvalue weighted by atomic mass is 9.96. The van der Waals surface area contributed by atoms with Gasteiger partial charge in [-0.2, -0.15) is 4.31 Å². The molecule has 2 aliphatic rings. The average Bonchev–Trinajstić information content (AvgIpc) is 3.24. The van der Waals surface area contributed by atoms with Gasteiger partial charge in [0.15, 0.2) is 0 Å². The Morgan fingerprint density at radius 1 is 1.03 bits per heavy atom. The number of thiophene rings is 1. The van der Waals surface area contributed by atoms with E-state index in [1.54, 1.807) is 26.0 Å². The molecular weight excluding hydrogens is 512 g/mol. The van der Waals surface area contributed by atoms with Crippen molar-refractivity contribution in [2.45, 2.75) is 62.9 Å². The molecule has 3 amide bonds. The van der Waals surface area contributed by atoms with Gasteiger partial charge < -0.3 is 15.1 Å². The highest BCUT2D eigenvalue weighted by molar-refractivity contribution is 7.89. The number of rotatable bonds is 6. The molecule has 1 fully saturated rings. The summed E-state index contributed by atoms with van der Waals surface area (Å²) in [5.74, 6) is -0.676. The Morgan fingerprint density at radius 3 is 2.27 bits per heavy atom. The zero-order valence-corrected chi connectivity index (χ0v) is 23.4. The van der Waals surface area contributed by atoms with Crippen LogP contribution >= 0.6 is 11.3 Å². The van der Waals surface area contributed by atoms with Crippen LogP contribution in [-0.4, -0.2) is 74.0 Å². The highest BCUT2D eigenvalue weighted by atomic mass is 32.2. The molecular formula is C26H34N4O5S2. The molecule has 37 heavy (non-hydrogen) atoms. The van der Waals surface area contributed by atoms with Gasteiger partial charge in [0.1, 0.15) is 5.00 Å². The maximum atomic E-state index is 13.1. The Balaban J connectivity index is 1.56. The molecule has 0 bridgehead atoms. The van der Waals surface area contributed by atoms with E-state index in [9.17, 15) is 22.8 Å². The van der Waals surface area contributed by atoms with Crippen molar-refractivity contribution in [1.29, 1.82) is 0 Å². The van der Waals surface area contributed by atoms with Gasteiger partial charge in [-0.25, -0.2) is 8.42 Å². The molecule has 0 unspecified atom stereocenters. The smallest absolute Gasteiger partial charge is 0.256 e. The van der Waals surface area contributed by atoms with Gasteiger partial charge in [-0.3, -0.25) is 14.4 Å². The molecule has 0 spiro atoms. The van der Waals surface area contributed by atoms with Crippen molar-refractivity contribution >= 4 is 44.1 Å². The number of benzene rings is 1. The van der Waals surface area contributed by atoms with Crippen LogP contribution < -0.4 is 5.32 Å². The van der Waals surface area contributed by atoms with Crippen molar-refractivity contribution in [1.82, 2.24) is 14.1 Å². The van der Waals surface area contributed by atoms with Gasteiger partial charge in [-0.05, 0) is 49.1 Å². The zero-order chi connectivity index (χ0) is 26.9. The van der Waals surface area contributed by atoms with Gasteiger partial charge >= 0.3 is 0 Å². The molecule has 1 saturated carbocycles. The first kappa shape index (κ1) is 27.3. The van der Waals surface area contributed by atoms with E-state index >= 15 is 0 Å². The molecule has 1 N–H and O–H groups in total. The Morgan fingerprint density at radius 2 is 1.68 bits per heavy atom. The lowest BCUT2D eigenvalue weighted by Gasteiger charge is -2.30. The Bertz CT molecular complexity index is 1290. The van der Waals surface area contributed by atoms with Crippen molar-refractivity contribution in [3.8, 4) is 0 Å². The SMILES string of the molecule is CC(=O)N1CCc2c(sc(NC(=O)c3ccc(S(=O)(=O)N(C)C4CCCCC4)cc3)c2C(=O)N(C)C)C1. The van der Waals surface area contributed by atoms with E-state index in [-0.39, 0.29) is 22.8 Å². The molecule has 9 nitrogen and oxygen atoms in total. The summed E-state index contributed by atoms with van der Waals surface area (Å²) in [5.41, 5.74) is 1.61. The molecule has 1 aromatic carbocycles. The van der Waals surface area contributed by atoms with Gasteiger partial charge in [-0.1, -0.05) is 19.3 Å². The number of sulfonamides is 1. The first-order valence-corrected chi connectivity index (χ1v) is 14.8. The van der Waals surface area contributed by atoms with Gasteiger partial charge in [-0.15, -0.1) is 11.3 Å². The van der Waals surface area contributed by atoms with Crippen LogP contribution in [0.5, 0.6) is 0 Å². The molecule has 1 aliphatic heterocycles. The van der Waals surface area contributed by atoms with Gasteiger partial charge in [0.05, 0.1) is 17.0 Å². The van der Waals surface area contributed by atoms with Crippen molar-refractivity contribution < 1.29 is 22.8 Å². The van der Waals surface area contributed by atoms with Crippen LogP contribution in [0, 0.1) is 0 Å². The monoisotopic (exact) mass is 546 g/mol. The molecule has 2 aromatic rings. The fourth-order valence-corrected chi connectivity index (χ4v) is 7.64. The average molecular weight is 547 g/mol. The molecule has 0 radical (unpaired) electrons. The second-order valence-corrected chi connectivity index (χ2v) is 13.0. The summed E-state index contributed by atoms with van der Waals surface area (Å²) in [7, 11) is 1.28. The van der Waals surface area contributed by atoms with E-state index < -0.39 is 15.9 Å². The van der Waals surface area contributed by atoms with E-state index in [0.717, 1.165) is 42.5 Å². The van der Waals surface area contributed by atoms with Crippen LogP contribution in [0.15, 0.2) is 29.2 Å². The molecule has 200 valence electrons. The van der Waals surface area contributed by atoms with Crippen molar-refractivity contribution in [3.05, 3.63) is 45.8 Å². The highest BCUT2D eigenvalue weighted by Crippen LogP contribution is 2.38. The van der Waals surface area contributed by atoms with E-state index in [1.165, 1.54) is 51.7 Å². The van der Waals surface area contributed by atoms with Crippen molar-refractivity contribution in [3.63, 3.8) is 0 Å². The highest BCUT2D eigenvalue weighted by Gasteiger charge is 2.31. The molecule has 11 heteroatoms. The minimum atomic E-state index is -3.66. The topological polar surface area (TPSA) is 107 Å². The summed E-state index contributed by atoms with van der Waals surface area (Å²) in [6.07, 6.45) is 5.45. The van der Waals surface area contributed by atoms with Gasteiger partial charge in [0.25, 0.3) is 11.8 Å². The van der Waals surface area contributed by atoms with Crippen LogP contribution in [-0.2, 0) is 27.8 Å². The fourth-order valence-electron chi connectivity index (χ4n) is 4.97. The van der Waals surface area contributed by atoms with Crippen LogP contribution in [0.25, 0.3) is 0 Å². The van der Waals surface area contributed by atoms with E-state index in [2.05, 4.69) is 5.32 Å². The van der Waals surface area contributed by atoms with E-state index in [0.29, 0.717) is 35.6 Å². The fraction of sp³-hybridized carbons (Fsp3) is 0.500. The number of nitrogens with zero attached hydrogens (tertiary/aromatic N) is 3. The Kier molecular flexibility index (Phi) is 8.05. The lowest BCUT2D eigenvalue weighted by Crippen LogP contribution is -2.38. The zero-order valence-electron chi connectivity index (χ0n) is 21.7. The third kappa shape index (κ3) is 5.58. The molecule has 4 rings (SSSR count). The number of nitrogens with one attached hydrogen (secondary N) is 1. The third-order valence-electron chi connectivity index (χ3n) is 7.23. The number of carbonyl (C=O) groups excluding carboxylic acids is 3. The van der Waals surface area contributed by atoms with Crippen LogP contribution in [0.2, 0.25) is 0 Å². The van der Waals surface area contributed by atoms with Crippen molar-refractivity contribution in [2.24, 2.45) is 0 Å². The predicted octanol–water partition coefficient (Wildman–Crippen LogP) is 3.56. The minimum Gasteiger partial charge on any atom is -0.345 e. The quantitative estimate of drug-likeness (QED) is 0.596. The summed E-state index contributed by atoms with van der Waals surface area (Å²) in [4.78, 5) is 42.2. The molecule has 0 atom stereocenters. The number of fused-ring (bicyclic) bond motifs is 1. The number of hydrogen-bond acceptors (Lipinski definition) is 6. The lowest BCUT2D eigenvalue weighted by molar-refractivity contribution is -0.129. The van der Waals surface area contributed by atoms with E-state index in [4.69, 9.17) is 0 Å². The summed E-state index contributed by atoms with van der Waals surface area (Å²) in [5, 5.41) is 3.30. The normalized spacial score (nSPS) is 16.4. The number of carbonyl (C=O) groups is 3. The second-order valence-electron chi connectivity index (χ2n) is 9.89. The molecule has 0 saturated heterocycles. The maximum absolute atomic E-state index is 13.1. The van der Waals surface area contributed by atoms with Crippen molar-refractivity contribution in [2.75, 3.05) is 33.0 Å². The summed E-state index contributed by atoms with van der Waals surface area (Å²) in [6, 6.07) is 5.91. The van der Waals surface area contributed by atoms with Crippen LogP contribution in [0.1, 0.15) is 70.2 Å². The molecule has 2 heterocycles. The van der Waals surface area contributed by atoms with E-state index in [1.807, 2.05) is 0 Å². The molecule has 1 aliphatic carbocycles. The largest absolute Gasteiger partial charge is 0.345 e. The Hall–Kier alpha value is -2.76. The maximum Gasteiger partial charge on any atom is 0.256 e. The van der Waals surface area contributed by atoms with Crippen LogP contribution in [0.4, 0.5) is 5.00 Å². The number of amides is 3. The second kappa shape index (κ2) is 10.9. The minimum absolute atomic E-state index is 0.00170. The summed E-state index contributed by atoms with van der Waals surface area (Å²) >= 11 is 1.30. The standard InChI is InChI=1S/C26H34N4O5S2/c1-17(31)30-15-14-21-22(16-30)36-25(23(21)26(33)28(2)3)27-24(32)18-10-12-20(13-11-18)37(34,35)29(4)19-8-6-5-7-9-19/h10-13,19H,5-9,14-16H2,1-4H3,(H,27,32). The molecule has 1 aromatic heterocycles. The first-order valence-electron chi connectivity index (χ1n) is 12.5. The number of anilines is 1. The first-order chi connectivity index (χ1) is 17.5.